The fourth-order valence-electron chi connectivity index (χ4n) is 4.22. The zero-order valence-corrected chi connectivity index (χ0v) is 20.8. The number of nitrogens with one attached hydrogen (secondary N) is 1. The molecule has 0 aliphatic carbocycles. The van der Waals surface area contributed by atoms with Crippen LogP contribution in [0.1, 0.15) is 15.9 Å². The number of benzene rings is 2. The Kier molecular flexibility index (Phi) is 6.96. The lowest BCUT2D eigenvalue weighted by molar-refractivity contribution is -0.182. The number of nitrogens with two attached hydrogens (primary N) is 1. The molecule has 3 heterocycles. The summed E-state index contributed by atoms with van der Waals surface area (Å²) in [5.74, 6) is -2.89. The van der Waals surface area contributed by atoms with Crippen LogP contribution in [0.4, 0.5) is 4.39 Å². The average molecular weight is 530 g/mol. The Morgan fingerprint density at radius 3 is 2.46 bits per heavy atom. The van der Waals surface area contributed by atoms with Crippen LogP contribution in [-0.4, -0.2) is 45.5 Å². The van der Waals surface area contributed by atoms with Crippen LogP contribution in [0, 0.1) is 5.82 Å². The number of halogens is 1. The van der Waals surface area contributed by atoms with Gasteiger partial charge in [-0.3, -0.25) is 9.59 Å². The lowest BCUT2D eigenvalue weighted by Gasteiger charge is -2.33. The Morgan fingerprint density at radius 1 is 1.08 bits per heavy atom. The van der Waals surface area contributed by atoms with Crippen LogP contribution in [0.2, 0.25) is 0 Å². The topological polar surface area (TPSA) is 131 Å². The molecule has 0 spiro atoms. The van der Waals surface area contributed by atoms with Crippen LogP contribution >= 0.6 is 0 Å². The van der Waals surface area contributed by atoms with Gasteiger partial charge in [-0.1, -0.05) is 12.1 Å². The number of methoxy groups -OCH3 is 1. The molecule has 11 heteroatoms. The van der Waals surface area contributed by atoms with Crippen molar-refractivity contribution >= 4 is 11.8 Å². The van der Waals surface area contributed by atoms with Gasteiger partial charge in [0.05, 0.1) is 18.4 Å². The lowest BCUT2D eigenvalue weighted by Crippen LogP contribution is -2.61. The second kappa shape index (κ2) is 10.7. The van der Waals surface area contributed by atoms with Crippen LogP contribution < -0.4 is 15.8 Å². The van der Waals surface area contributed by atoms with Gasteiger partial charge < -0.3 is 25.3 Å². The van der Waals surface area contributed by atoms with Crippen molar-refractivity contribution in [2.45, 2.75) is 18.2 Å². The summed E-state index contributed by atoms with van der Waals surface area (Å²) in [6.45, 7) is 0. The highest BCUT2D eigenvalue weighted by Crippen LogP contribution is 2.28. The van der Waals surface area contributed by atoms with Crippen LogP contribution in [-0.2, 0) is 20.7 Å². The van der Waals surface area contributed by atoms with E-state index in [1.54, 1.807) is 67.9 Å². The number of carbonyl (C=O) groups excluding carboxylic acids is 2. The molecule has 5 rings (SSSR count). The normalized spacial score (nSPS) is 14.2. The molecule has 0 bridgehead atoms. The Balaban J connectivity index is 1.45. The van der Waals surface area contributed by atoms with Gasteiger partial charge in [-0.05, 0) is 60.2 Å². The maximum atomic E-state index is 13.6. The van der Waals surface area contributed by atoms with E-state index in [4.69, 9.17) is 19.9 Å². The number of aromatic nitrogens is 3. The van der Waals surface area contributed by atoms with Gasteiger partial charge in [0.25, 0.3) is 5.91 Å². The zero-order chi connectivity index (χ0) is 27.4. The first-order valence-corrected chi connectivity index (χ1v) is 11.9. The van der Waals surface area contributed by atoms with E-state index in [1.807, 2.05) is 0 Å². The Hall–Kier alpha value is -5.19. The molecule has 10 nitrogen and oxygen atoms in total. The van der Waals surface area contributed by atoms with E-state index in [0.717, 1.165) is 5.56 Å². The third-order valence-electron chi connectivity index (χ3n) is 6.23. The van der Waals surface area contributed by atoms with Crippen molar-refractivity contribution < 1.29 is 28.2 Å². The number of ether oxygens (including phenoxy) is 3. The molecule has 1 aliphatic heterocycles. The number of pyridine rings is 1. The highest BCUT2D eigenvalue weighted by molar-refractivity contribution is 5.98. The first-order chi connectivity index (χ1) is 18.9. The molecule has 1 aliphatic rings. The molecule has 39 heavy (non-hydrogen) atoms. The second-order valence-electron chi connectivity index (χ2n) is 8.64. The number of hydrogen-bond acceptors (Lipinski definition) is 7. The Morgan fingerprint density at radius 2 is 1.79 bits per heavy atom. The number of nitrogens with zero attached hydrogens (tertiary/aromatic N) is 3. The molecule has 2 aromatic carbocycles. The van der Waals surface area contributed by atoms with Gasteiger partial charge in [-0.15, -0.1) is 0 Å². The number of hydrogen-bond donors (Lipinski definition) is 2. The minimum atomic E-state index is -1.96. The lowest BCUT2D eigenvalue weighted by atomic mass is 9.97. The summed E-state index contributed by atoms with van der Waals surface area (Å²) >= 11 is 0. The third-order valence-corrected chi connectivity index (χ3v) is 6.23. The predicted molar refractivity (Wildman–Crippen MR) is 138 cm³/mol. The second-order valence-corrected chi connectivity index (χ2v) is 8.64. The van der Waals surface area contributed by atoms with Crippen molar-refractivity contribution in [3.05, 3.63) is 109 Å². The molecule has 0 saturated carbocycles. The largest absolute Gasteiger partial charge is 0.497 e. The summed E-state index contributed by atoms with van der Waals surface area (Å²) in [5.41, 5.74) is 7.89. The molecule has 1 atom stereocenters. The first kappa shape index (κ1) is 25.5. The van der Waals surface area contributed by atoms with Gasteiger partial charge in [0.1, 0.15) is 30.1 Å². The van der Waals surface area contributed by atoms with E-state index in [9.17, 15) is 14.0 Å². The monoisotopic (exact) mass is 529 g/mol. The Bertz CT molecular complexity index is 1510. The van der Waals surface area contributed by atoms with Crippen LogP contribution in [0.5, 0.6) is 5.75 Å². The van der Waals surface area contributed by atoms with Gasteiger partial charge in [-0.25, -0.2) is 14.1 Å². The summed E-state index contributed by atoms with van der Waals surface area (Å²) in [4.78, 5) is 30.5. The predicted octanol–water partition coefficient (Wildman–Crippen LogP) is 3.12. The highest BCUT2D eigenvalue weighted by Gasteiger charge is 2.51. The van der Waals surface area contributed by atoms with E-state index in [0.29, 0.717) is 17.0 Å². The smallest absolute Gasteiger partial charge is 0.352 e. The molecule has 2 aromatic heterocycles. The van der Waals surface area contributed by atoms with E-state index in [-0.39, 0.29) is 23.6 Å². The number of rotatable bonds is 9. The molecular formula is C28H24FN5O5. The summed E-state index contributed by atoms with van der Waals surface area (Å²) in [6.07, 6.45) is 5.72. The van der Waals surface area contributed by atoms with Crippen LogP contribution in [0.3, 0.4) is 0 Å². The molecule has 1 unspecified atom stereocenters. The maximum Gasteiger partial charge on any atom is 0.352 e. The van der Waals surface area contributed by atoms with Gasteiger partial charge in [0.15, 0.2) is 5.82 Å². The van der Waals surface area contributed by atoms with Crippen molar-refractivity contribution in [1.82, 2.24) is 20.1 Å². The maximum absolute atomic E-state index is 13.6. The van der Waals surface area contributed by atoms with Crippen molar-refractivity contribution in [1.29, 1.82) is 0 Å². The van der Waals surface area contributed by atoms with E-state index in [2.05, 4.69) is 15.4 Å². The van der Waals surface area contributed by atoms with Crippen molar-refractivity contribution in [2.24, 2.45) is 5.73 Å². The minimum absolute atomic E-state index is 0.145. The summed E-state index contributed by atoms with van der Waals surface area (Å²) in [5, 5.41) is 7.36. The highest BCUT2D eigenvalue weighted by atomic mass is 19.1. The van der Waals surface area contributed by atoms with Gasteiger partial charge in [-0.2, -0.15) is 5.10 Å². The fraction of sp³-hybridized carbons (Fsp3) is 0.143. The van der Waals surface area contributed by atoms with Gasteiger partial charge in [0.2, 0.25) is 0 Å². The fourth-order valence-corrected chi connectivity index (χ4v) is 4.22. The summed E-state index contributed by atoms with van der Waals surface area (Å²) in [7, 11) is 1.56. The third kappa shape index (κ3) is 5.14. The molecule has 198 valence electrons. The van der Waals surface area contributed by atoms with E-state index < -0.39 is 23.6 Å². The number of primary amides is 1. The van der Waals surface area contributed by atoms with Crippen molar-refractivity contribution in [3.63, 3.8) is 0 Å². The standard InChI is InChI=1S/C28H24FN5O5/c1-37-21-10-4-18(5-11-21)17-24(28(27(30)36)38-15-16-39-28)32-26(35)22-3-2-13-31-25(22)34-14-12-23(33-34)19-6-8-20(29)9-7-19/h2-16,24H,17H2,1H3,(H2,30,36)(H,32,35). The van der Waals surface area contributed by atoms with Gasteiger partial charge in [0, 0.05) is 24.4 Å². The average Bonchev–Trinajstić information content (AvgIpc) is 3.65. The number of carbonyl (C=O) groups is 2. The Labute approximate surface area is 222 Å². The van der Waals surface area contributed by atoms with Crippen LogP contribution in [0.15, 0.2) is 91.6 Å². The molecule has 2 amide bonds. The van der Waals surface area contributed by atoms with Gasteiger partial charge >= 0.3 is 11.7 Å². The van der Waals surface area contributed by atoms with Crippen molar-refractivity contribution in [3.8, 4) is 22.8 Å². The van der Waals surface area contributed by atoms with E-state index >= 15 is 0 Å². The minimum Gasteiger partial charge on any atom is -0.497 e. The zero-order valence-electron chi connectivity index (χ0n) is 20.8. The molecule has 3 N–H and O–H groups in total. The SMILES string of the molecule is COc1ccc(CC(NC(=O)c2cccnc2-n2ccc(-c3ccc(F)cc3)n2)C2(C(N)=O)OC=CO2)cc1. The number of amides is 2. The van der Waals surface area contributed by atoms with E-state index in [1.165, 1.54) is 35.5 Å². The molecular weight excluding hydrogens is 505 g/mol. The first-order valence-electron chi connectivity index (χ1n) is 11.9. The molecule has 0 radical (unpaired) electrons. The summed E-state index contributed by atoms with van der Waals surface area (Å²) < 4.78 is 31.0. The van der Waals surface area contributed by atoms with Crippen LogP contribution in [0.25, 0.3) is 17.1 Å². The summed E-state index contributed by atoms with van der Waals surface area (Å²) in [6, 6.07) is 16.9. The quantitative estimate of drug-likeness (QED) is 0.341. The van der Waals surface area contributed by atoms with Crippen molar-refractivity contribution in [2.75, 3.05) is 7.11 Å². The molecule has 0 fully saturated rings. The molecule has 4 aromatic rings. The molecule has 0 saturated heterocycles.